The van der Waals surface area contributed by atoms with Gasteiger partial charge in [0.1, 0.15) is 11.5 Å². The number of hydrogen-bond donors (Lipinski definition) is 1. The van der Waals surface area contributed by atoms with Crippen molar-refractivity contribution in [3.05, 3.63) is 84.4 Å². The molecule has 0 radical (unpaired) electrons. The van der Waals surface area contributed by atoms with Gasteiger partial charge in [-0.25, -0.2) is 4.79 Å². The van der Waals surface area contributed by atoms with Gasteiger partial charge in [-0.15, -0.1) is 23.2 Å². The van der Waals surface area contributed by atoms with E-state index in [4.69, 9.17) is 32.7 Å². The van der Waals surface area contributed by atoms with Gasteiger partial charge in [-0.1, -0.05) is 18.2 Å². The van der Waals surface area contributed by atoms with Crippen LogP contribution in [0.15, 0.2) is 78.9 Å². The van der Waals surface area contributed by atoms with Crippen molar-refractivity contribution in [2.45, 2.75) is 23.6 Å². The van der Waals surface area contributed by atoms with E-state index in [1.54, 1.807) is 24.3 Å². The maximum atomic E-state index is 12.9. The van der Waals surface area contributed by atoms with E-state index >= 15 is 0 Å². The Morgan fingerprint density at radius 2 is 1.36 bits per heavy atom. The molecule has 0 aromatic heterocycles. The van der Waals surface area contributed by atoms with E-state index in [1.807, 2.05) is 30.3 Å². The van der Waals surface area contributed by atoms with Gasteiger partial charge in [0, 0.05) is 5.69 Å². The van der Waals surface area contributed by atoms with Gasteiger partial charge in [0.15, 0.2) is 6.61 Å². The monoisotopic (exact) mass is 566 g/mol. The summed E-state index contributed by atoms with van der Waals surface area (Å²) in [6, 6.07) is 22.0. The number of ether oxygens (including phenoxy) is 2. The summed E-state index contributed by atoms with van der Waals surface area (Å²) < 4.78 is 10.8. The molecule has 1 saturated carbocycles. The molecular formula is C29H24Cl2N2O6. The second kappa shape index (κ2) is 11.5. The zero-order chi connectivity index (χ0) is 27.5. The van der Waals surface area contributed by atoms with Crippen LogP contribution in [0.2, 0.25) is 0 Å². The Bertz CT molecular complexity index is 1350. The van der Waals surface area contributed by atoms with Crippen molar-refractivity contribution in [2.75, 3.05) is 16.8 Å². The molecule has 0 bridgehead atoms. The summed E-state index contributed by atoms with van der Waals surface area (Å²) in [5, 5.41) is 1.92. The van der Waals surface area contributed by atoms with Crippen LogP contribution in [0.25, 0.3) is 0 Å². The normalized spacial score (nSPS) is 22.3. The summed E-state index contributed by atoms with van der Waals surface area (Å²) in [6.45, 7) is -0.492. The van der Waals surface area contributed by atoms with Crippen LogP contribution in [0.4, 0.5) is 11.4 Å². The number of rotatable bonds is 7. The van der Waals surface area contributed by atoms with Crippen molar-refractivity contribution in [3.63, 3.8) is 0 Å². The topological polar surface area (TPSA) is 102 Å². The highest BCUT2D eigenvalue weighted by Crippen LogP contribution is 2.43. The Kier molecular flexibility index (Phi) is 7.86. The fourth-order valence-corrected chi connectivity index (χ4v) is 5.33. The average Bonchev–Trinajstić information content (AvgIpc) is 3.18. The molecule has 4 atom stereocenters. The SMILES string of the molecule is O=C(COC(=O)c1ccc(N2C(=O)[C@H]3C[C@H](Cl)[C@@H](Cl)C[C@H]3C2=O)cc1)Nc1ccc(Oc2ccccc2)cc1. The highest BCUT2D eigenvalue weighted by atomic mass is 35.5. The number of fused-ring (bicyclic) bond motifs is 1. The van der Waals surface area contributed by atoms with Crippen LogP contribution in [-0.4, -0.2) is 41.1 Å². The predicted octanol–water partition coefficient (Wildman–Crippen LogP) is 5.39. The summed E-state index contributed by atoms with van der Waals surface area (Å²) in [6.07, 6.45) is 0.694. The van der Waals surface area contributed by atoms with Gasteiger partial charge in [-0.3, -0.25) is 19.3 Å². The first-order valence-electron chi connectivity index (χ1n) is 12.4. The molecule has 0 unspecified atom stereocenters. The quantitative estimate of drug-likeness (QED) is 0.234. The zero-order valence-electron chi connectivity index (χ0n) is 20.6. The molecule has 0 spiro atoms. The zero-order valence-corrected chi connectivity index (χ0v) is 22.1. The van der Waals surface area contributed by atoms with Gasteiger partial charge in [0.05, 0.1) is 33.8 Å². The molecule has 5 rings (SSSR count). The van der Waals surface area contributed by atoms with Crippen molar-refractivity contribution in [1.29, 1.82) is 0 Å². The van der Waals surface area contributed by atoms with Crippen molar-refractivity contribution >= 4 is 58.3 Å². The fourth-order valence-electron chi connectivity index (χ4n) is 4.74. The number of anilines is 2. The van der Waals surface area contributed by atoms with Crippen molar-refractivity contribution in [1.82, 2.24) is 0 Å². The number of nitrogens with one attached hydrogen (secondary N) is 1. The minimum absolute atomic E-state index is 0.173. The van der Waals surface area contributed by atoms with Gasteiger partial charge >= 0.3 is 5.97 Å². The lowest BCUT2D eigenvalue weighted by molar-refractivity contribution is -0.122. The maximum absolute atomic E-state index is 12.9. The average molecular weight is 567 g/mol. The number of halogens is 2. The van der Waals surface area contributed by atoms with Crippen LogP contribution in [-0.2, 0) is 19.1 Å². The smallest absolute Gasteiger partial charge is 0.338 e. The second-order valence-electron chi connectivity index (χ2n) is 9.34. The van der Waals surface area contributed by atoms with E-state index in [2.05, 4.69) is 5.32 Å². The number of nitrogens with zero attached hydrogens (tertiary/aromatic N) is 1. The minimum Gasteiger partial charge on any atom is -0.457 e. The summed E-state index contributed by atoms with van der Waals surface area (Å²) >= 11 is 12.5. The molecule has 200 valence electrons. The summed E-state index contributed by atoms with van der Waals surface area (Å²) in [5.74, 6) is -1.54. The molecular weight excluding hydrogens is 543 g/mol. The van der Waals surface area contributed by atoms with Crippen LogP contribution in [0, 0.1) is 11.8 Å². The Morgan fingerprint density at radius 3 is 1.95 bits per heavy atom. The van der Waals surface area contributed by atoms with Crippen LogP contribution < -0.4 is 15.0 Å². The molecule has 8 nitrogen and oxygen atoms in total. The fraction of sp³-hybridized carbons (Fsp3) is 0.241. The lowest BCUT2D eigenvalue weighted by Gasteiger charge is -2.28. The molecule has 1 N–H and O–H groups in total. The lowest BCUT2D eigenvalue weighted by Crippen LogP contribution is -2.34. The lowest BCUT2D eigenvalue weighted by atomic mass is 9.80. The number of esters is 1. The first-order valence-corrected chi connectivity index (χ1v) is 13.2. The van der Waals surface area contributed by atoms with E-state index in [0.29, 0.717) is 35.7 Å². The van der Waals surface area contributed by atoms with Gasteiger partial charge in [0.25, 0.3) is 5.91 Å². The second-order valence-corrected chi connectivity index (χ2v) is 10.5. The number of benzene rings is 3. The molecule has 1 aliphatic carbocycles. The number of hydrogen-bond acceptors (Lipinski definition) is 6. The number of imide groups is 1. The summed E-state index contributed by atoms with van der Waals surface area (Å²) in [4.78, 5) is 51.7. The summed E-state index contributed by atoms with van der Waals surface area (Å²) in [7, 11) is 0. The van der Waals surface area contributed by atoms with E-state index in [9.17, 15) is 19.2 Å². The predicted molar refractivity (Wildman–Crippen MR) is 146 cm³/mol. The molecule has 1 saturated heterocycles. The molecule has 1 aliphatic heterocycles. The van der Waals surface area contributed by atoms with Crippen LogP contribution in [0.3, 0.4) is 0 Å². The molecule has 1 heterocycles. The van der Waals surface area contributed by atoms with Crippen molar-refractivity contribution in [2.24, 2.45) is 11.8 Å². The molecule has 39 heavy (non-hydrogen) atoms. The minimum atomic E-state index is -0.717. The van der Waals surface area contributed by atoms with E-state index in [0.717, 1.165) is 4.90 Å². The molecule has 3 amide bonds. The van der Waals surface area contributed by atoms with Crippen molar-refractivity contribution in [3.8, 4) is 11.5 Å². The maximum Gasteiger partial charge on any atom is 0.338 e. The Balaban J connectivity index is 1.13. The van der Waals surface area contributed by atoms with E-state index < -0.39 is 30.3 Å². The molecule has 3 aromatic rings. The third kappa shape index (κ3) is 5.92. The van der Waals surface area contributed by atoms with Crippen LogP contribution >= 0.6 is 23.2 Å². The molecule has 3 aromatic carbocycles. The third-order valence-electron chi connectivity index (χ3n) is 6.72. The third-order valence-corrected chi connectivity index (χ3v) is 7.82. The number of para-hydroxylation sites is 1. The molecule has 2 aliphatic rings. The number of amides is 3. The highest BCUT2D eigenvalue weighted by Gasteiger charge is 2.52. The Hall–Kier alpha value is -3.88. The van der Waals surface area contributed by atoms with Crippen molar-refractivity contribution < 1.29 is 28.7 Å². The summed E-state index contributed by atoms with van der Waals surface area (Å²) in [5.41, 5.74) is 1.04. The first-order chi connectivity index (χ1) is 18.8. The Morgan fingerprint density at radius 1 is 0.795 bits per heavy atom. The standard InChI is InChI=1S/C29H24Cl2N2O6/c30-24-14-22-23(15-25(24)31)28(36)33(27(22)35)19-10-6-17(7-11-19)29(37)38-16-26(34)32-18-8-12-21(13-9-18)39-20-4-2-1-3-5-20/h1-13,22-25H,14-16H2,(H,32,34)/t22-,23+,24-,25-/m0/s1. The van der Waals surface area contributed by atoms with Gasteiger partial charge < -0.3 is 14.8 Å². The first kappa shape index (κ1) is 26.7. The molecule has 2 fully saturated rings. The number of carbonyl (C=O) groups is 4. The van der Waals surface area contributed by atoms with Gasteiger partial charge in [-0.05, 0) is 73.5 Å². The van der Waals surface area contributed by atoms with Gasteiger partial charge in [-0.2, -0.15) is 0 Å². The largest absolute Gasteiger partial charge is 0.457 e. The van der Waals surface area contributed by atoms with E-state index in [1.165, 1.54) is 24.3 Å². The van der Waals surface area contributed by atoms with Crippen LogP contribution in [0.5, 0.6) is 11.5 Å². The number of alkyl halides is 2. The van der Waals surface area contributed by atoms with Gasteiger partial charge in [0.2, 0.25) is 11.8 Å². The Labute approximate surface area is 234 Å². The van der Waals surface area contributed by atoms with E-state index in [-0.39, 0.29) is 28.1 Å². The highest BCUT2D eigenvalue weighted by molar-refractivity contribution is 6.31. The number of carbonyl (C=O) groups excluding carboxylic acids is 4. The van der Waals surface area contributed by atoms with Crippen LogP contribution in [0.1, 0.15) is 23.2 Å². The molecule has 10 heteroatoms.